The summed E-state index contributed by atoms with van der Waals surface area (Å²) in [6.07, 6.45) is 0.368. The molecule has 2 rings (SSSR count). The third-order valence-electron chi connectivity index (χ3n) is 3.80. The number of halogens is 1. The summed E-state index contributed by atoms with van der Waals surface area (Å²) in [7, 11) is 0. The Balaban J connectivity index is 2.06. The Bertz CT molecular complexity index is 667. The SMILES string of the molecule is Cc1cccc(OCCC(C(=O)O)c2ccccc2Cl)c1C. The number of carbonyl (C=O) groups is 1. The Morgan fingerprint density at radius 1 is 1.18 bits per heavy atom. The number of aryl methyl sites for hydroxylation is 1. The topological polar surface area (TPSA) is 46.5 Å². The highest BCUT2D eigenvalue weighted by Crippen LogP contribution is 2.28. The van der Waals surface area contributed by atoms with Crippen LogP contribution in [-0.2, 0) is 4.79 Å². The van der Waals surface area contributed by atoms with Gasteiger partial charge in [0, 0.05) is 5.02 Å². The fraction of sp³-hybridized carbons (Fsp3) is 0.278. The molecule has 2 aromatic rings. The van der Waals surface area contributed by atoms with E-state index in [9.17, 15) is 9.90 Å². The molecule has 3 nitrogen and oxygen atoms in total. The standard InChI is InChI=1S/C18H19ClO3/c1-12-6-5-9-17(13(12)2)22-11-10-15(18(20)21)14-7-3-4-8-16(14)19/h3-9,15H,10-11H2,1-2H3,(H,20,21). The van der Waals surface area contributed by atoms with E-state index in [-0.39, 0.29) is 0 Å². The van der Waals surface area contributed by atoms with Crippen molar-refractivity contribution in [2.75, 3.05) is 6.61 Å². The maximum atomic E-state index is 11.5. The van der Waals surface area contributed by atoms with Crippen LogP contribution in [0.3, 0.4) is 0 Å². The molecule has 0 aromatic heterocycles. The molecule has 0 spiro atoms. The fourth-order valence-corrected chi connectivity index (χ4v) is 2.60. The molecule has 0 radical (unpaired) electrons. The van der Waals surface area contributed by atoms with Crippen molar-refractivity contribution < 1.29 is 14.6 Å². The molecule has 0 heterocycles. The number of hydrogen-bond donors (Lipinski definition) is 1. The first-order valence-corrected chi connectivity index (χ1v) is 7.54. The lowest BCUT2D eigenvalue weighted by Gasteiger charge is -2.16. The molecule has 0 aliphatic carbocycles. The van der Waals surface area contributed by atoms with Crippen LogP contribution in [0.25, 0.3) is 0 Å². The summed E-state index contributed by atoms with van der Waals surface area (Å²) in [6, 6.07) is 12.9. The molecule has 1 atom stereocenters. The van der Waals surface area contributed by atoms with Gasteiger partial charge in [-0.2, -0.15) is 0 Å². The lowest BCUT2D eigenvalue weighted by molar-refractivity contribution is -0.139. The van der Waals surface area contributed by atoms with Crippen molar-refractivity contribution in [2.24, 2.45) is 0 Å². The number of benzene rings is 2. The molecular formula is C18H19ClO3. The summed E-state index contributed by atoms with van der Waals surface area (Å²) in [5.74, 6) is -0.764. The van der Waals surface area contributed by atoms with Gasteiger partial charge in [-0.1, -0.05) is 41.9 Å². The quantitative estimate of drug-likeness (QED) is 0.847. The first-order chi connectivity index (χ1) is 10.5. The molecule has 116 valence electrons. The zero-order chi connectivity index (χ0) is 16.1. The van der Waals surface area contributed by atoms with E-state index < -0.39 is 11.9 Å². The zero-order valence-electron chi connectivity index (χ0n) is 12.7. The number of hydrogen-bond acceptors (Lipinski definition) is 2. The largest absolute Gasteiger partial charge is 0.493 e. The van der Waals surface area contributed by atoms with E-state index in [1.807, 2.05) is 32.0 Å². The molecule has 0 saturated heterocycles. The van der Waals surface area contributed by atoms with E-state index in [1.54, 1.807) is 24.3 Å². The van der Waals surface area contributed by atoms with E-state index in [0.717, 1.165) is 16.9 Å². The Morgan fingerprint density at radius 2 is 1.91 bits per heavy atom. The smallest absolute Gasteiger partial charge is 0.311 e. The average molecular weight is 319 g/mol. The highest BCUT2D eigenvalue weighted by Gasteiger charge is 2.22. The summed E-state index contributed by atoms with van der Waals surface area (Å²) in [5.41, 5.74) is 2.85. The predicted octanol–water partition coefficient (Wildman–Crippen LogP) is 4.59. The minimum Gasteiger partial charge on any atom is -0.493 e. The first kappa shape index (κ1) is 16.4. The van der Waals surface area contributed by atoms with E-state index >= 15 is 0 Å². The molecular weight excluding hydrogens is 300 g/mol. The van der Waals surface area contributed by atoms with Crippen LogP contribution >= 0.6 is 11.6 Å². The van der Waals surface area contributed by atoms with Gasteiger partial charge in [0.25, 0.3) is 0 Å². The number of rotatable bonds is 6. The Hall–Kier alpha value is -2.00. The second-order valence-corrected chi connectivity index (χ2v) is 5.65. The van der Waals surface area contributed by atoms with Gasteiger partial charge in [0.1, 0.15) is 5.75 Å². The Labute approximate surface area is 135 Å². The van der Waals surface area contributed by atoms with Gasteiger partial charge in [0.05, 0.1) is 12.5 Å². The molecule has 0 amide bonds. The minimum atomic E-state index is -0.891. The molecule has 2 aromatic carbocycles. The lowest BCUT2D eigenvalue weighted by Crippen LogP contribution is -2.15. The summed E-state index contributed by atoms with van der Waals surface area (Å²) < 4.78 is 5.75. The van der Waals surface area contributed by atoms with Crippen LogP contribution < -0.4 is 4.74 Å². The van der Waals surface area contributed by atoms with Crippen molar-refractivity contribution in [3.63, 3.8) is 0 Å². The zero-order valence-corrected chi connectivity index (χ0v) is 13.4. The highest BCUT2D eigenvalue weighted by atomic mass is 35.5. The van der Waals surface area contributed by atoms with Gasteiger partial charge in [-0.3, -0.25) is 4.79 Å². The van der Waals surface area contributed by atoms with E-state index in [2.05, 4.69) is 0 Å². The molecule has 0 fully saturated rings. The predicted molar refractivity (Wildman–Crippen MR) is 87.9 cm³/mol. The van der Waals surface area contributed by atoms with Gasteiger partial charge >= 0.3 is 5.97 Å². The molecule has 1 unspecified atom stereocenters. The third kappa shape index (κ3) is 3.80. The summed E-state index contributed by atoms with van der Waals surface area (Å²) in [4.78, 5) is 11.5. The van der Waals surface area contributed by atoms with Crippen LogP contribution in [0.2, 0.25) is 5.02 Å². The van der Waals surface area contributed by atoms with Crippen molar-refractivity contribution in [1.29, 1.82) is 0 Å². The number of ether oxygens (including phenoxy) is 1. The van der Waals surface area contributed by atoms with Crippen molar-refractivity contribution in [3.05, 3.63) is 64.2 Å². The maximum Gasteiger partial charge on any atom is 0.311 e. The molecule has 0 bridgehead atoms. The normalized spacial score (nSPS) is 12.0. The Morgan fingerprint density at radius 3 is 2.59 bits per heavy atom. The van der Waals surface area contributed by atoms with Gasteiger partial charge < -0.3 is 9.84 Å². The first-order valence-electron chi connectivity index (χ1n) is 7.17. The second-order valence-electron chi connectivity index (χ2n) is 5.25. The minimum absolute atomic E-state index is 0.326. The molecule has 0 aliphatic rings. The van der Waals surface area contributed by atoms with Crippen molar-refractivity contribution >= 4 is 17.6 Å². The second kappa shape index (κ2) is 7.32. The molecule has 0 saturated carbocycles. The van der Waals surface area contributed by atoms with E-state index in [0.29, 0.717) is 23.6 Å². The molecule has 4 heteroatoms. The number of carboxylic acids is 1. The van der Waals surface area contributed by atoms with Crippen LogP contribution in [0.4, 0.5) is 0 Å². The summed E-state index contributed by atoms with van der Waals surface area (Å²) in [6.45, 7) is 4.34. The number of aliphatic carboxylic acids is 1. The van der Waals surface area contributed by atoms with Crippen molar-refractivity contribution in [1.82, 2.24) is 0 Å². The van der Waals surface area contributed by atoms with Gasteiger partial charge in [-0.05, 0) is 49.1 Å². The van der Waals surface area contributed by atoms with E-state index in [4.69, 9.17) is 16.3 Å². The van der Waals surface area contributed by atoms with Gasteiger partial charge in [0.15, 0.2) is 0 Å². The molecule has 1 N–H and O–H groups in total. The monoisotopic (exact) mass is 318 g/mol. The van der Waals surface area contributed by atoms with Crippen molar-refractivity contribution in [2.45, 2.75) is 26.2 Å². The summed E-state index contributed by atoms with van der Waals surface area (Å²) >= 11 is 6.10. The van der Waals surface area contributed by atoms with Crippen LogP contribution in [0.1, 0.15) is 29.0 Å². The molecule has 22 heavy (non-hydrogen) atoms. The Kier molecular flexibility index (Phi) is 5.45. The fourth-order valence-electron chi connectivity index (χ4n) is 2.34. The lowest BCUT2D eigenvalue weighted by atomic mass is 9.96. The van der Waals surface area contributed by atoms with E-state index in [1.165, 1.54) is 0 Å². The van der Waals surface area contributed by atoms with Crippen LogP contribution in [-0.4, -0.2) is 17.7 Å². The van der Waals surface area contributed by atoms with Gasteiger partial charge in [-0.25, -0.2) is 0 Å². The third-order valence-corrected chi connectivity index (χ3v) is 4.14. The average Bonchev–Trinajstić information content (AvgIpc) is 2.48. The highest BCUT2D eigenvalue weighted by molar-refractivity contribution is 6.31. The van der Waals surface area contributed by atoms with Gasteiger partial charge in [-0.15, -0.1) is 0 Å². The molecule has 0 aliphatic heterocycles. The maximum absolute atomic E-state index is 11.5. The number of carboxylic acid groups (broad SMARTS) is 1. The summed E-state index contributed by atoms with van der Waals surface area (Å²) in [5, 5.41) is 9.91. The van der Waals surface area contributed by atoms with Gasteiger partial charge in [0.2, 0.25) is 0 Å². The van der Waals surface area contributed by atoms with Crippen LogP contribution in [0.15, 0.2) is 42.5 Å². The van der Waals surface area contributed by atoms with Crippen molar-refractivity contribution in [3.8, 4) is 5.75 Å². The van der Waals surface area contributed by atoms with Crippen LogP contribution in [0, 0.1) is 13.8 Å². The van der Waals surface area contributed by atoms with Crippen LogP contribution in [0.5, 0.6) is 5.75 Å².